The molecule has 0 radical (unpaired) electrons. The Morgan fingerprint density at radius 3 is 2.36 bits per heavy atom. The Hall–Kier alpha value is -0.670. The van der Waals surface area contributed by atoms with Gasteiger partial charge in [0.05, 0.1) is 16.4 Å². The summed E-state index contributed by atoms with van der Waals surface area (Å²) in [6, 6.07) is 5.80. The number of rotatable bonds is 5. The fourth-order valence-electron chi connectivity index (χ4n) is 2.72. The van der Waals surface area contributed by atoms with Gasteiger partial charge in [-0.2, -0.15) is 4.31 Å². The Morgan fingerprint density at radius 2 is 1.91 bits per heavy atom. The van der Waals surface area contributed by atoms with Crippen molar-refractivity contribution in [1.29, 1.82) is 0 Å². The van der Waals surface area contributed by atoms with Crippen molar-refractivity contribution >= 4 is 31.5 Å². The van der Waals surface area contributed by atoms with Crippen molar-refractivity contribution in [2.75, 3.05) is 24.6 Å². The Balaban J connectivity index is 2.45. The van der Waals surface area contributed by atoms with Gasteiger partial charge in [0.25, 0.3) is 0 Å². The van der Waals surface area contributed by atoms with Gasteiger partial charge in [-0.15, -0.1) is 0 Å². The molecule has 1 aliphatic rings. The molecule has 0 unspecified atom stereocenters. The van der Waals surface area contributed by atoms with E-state index in [0.29, 0.717) is 5.02 Å². The Morgan fingerprint density at radius 1 is 1.32 bits per heavy atom. The van der Waals surface area contributed by atoms with Crippen LogP contribution in [0, 0.1) is 0 Å². The highest BCUT2D eigenvalue weighted by Crippen LogP contribution is 2.33. The third kappa shape index (κ3) is 3.46. The lowest BCUT2D eigenvalue weighted by Gasteiger charge is -2.36. The minimum Gasteiger partial charge on any atom is -0.329 e. The van der Waals surface area contributed by atoms with Crippen molar-refractivity contribution in [1.82, 2.24) is 4.31 Å². The van der Waals surface area contributed by atoms with Crippen molar-refractivity contribution in [3.8, 4) is 0 Å². The van der Waals surface area contributed by atoms with E-state index >= 15 is 0 Å². The van der Waals surface area contributed by atoms with Crippen LogP contribution in [0.5, 0.6) is 0 Å². The van der Waals surface area contributed by atoms with Gasteiger partial charge >= 0.3 is 0 Å². The largest absolute Gasteiger partial charge is 0.329 e. The first-order valence-electron chi connectivity index (χ1n) is 6.80. The van der Waals surface area contributed by atoms with Gasteiger partial charge in [0.2, 0.25) is 10.0 Å². The monoisotopic (exact) mass is 366 g/mol. The van der Waals surface area contributed by atoms with Crippen LogP contribution in [0.25, 0.3) is 0 Å². The summed E-state index contributed by atoms with van der Waals surface area (Å²) in [4.78, 5) is 0.0795. The SMILES string of the molecule is C[C@]1(N(CCN)S(=O)(=O)c2ccc(Cl)cc2)CCS(=O)(=O)C1. The topological polar surface area (TPSA) is 97.5 Å². The third-order valence-electron chi connectivity index (χ3n) is 3.82. The highest BCUT2D eigenvalue weighted by molar-refractivity contribution is 7.92. The van der Waals surface area contributed by atoms with Gasteiger partial charge in [0, 0.05) is 23.7 Å². The van der Waals surface area contributed by atoms with E-state index < -0.39 is 25.4 Å². The molecule has 0 aromatic heterocycles. The number of halogens is 1. The van der Waals surface area contributed by atoms with Gasteiger partial charge in [0.1, 0.15) is 0 Å². The van der Waals surface area contributed by atoms with Gasteiger partial charge in [-0.3, -0.25) is 0 Å². The van der Waals surface area contributed by atoms with Crippen LogP contribution in [0.2, 0.25) is 5.02 Å². The van der Waals surface area contributed by atoms with Crippen molar-refractivity contribution in [2.24, 2.45) is 5.73 Å². The van der Waals surface area contributed by atoms with E-state index in [2.05, 4.69) is 0 Å². The number of hydrogen-bond donors (Lipinski definition) is 1. The molecule has 0 saturated carbocycles. The van der Waals surface area contributed by atoms with E-state index in [1.807, 2.05) is 0 Å². The van der Waals surface area contributed by atoms with Crippen molar-refractivity contribution in [2.45, 2.75) is 23.8 Å². The molecule has 1 saturated heterocycles. The zero-order valence-corrected chi connectivity index (χ0v) is 14.6. The van der Waals surface area contributed by atoms with Crippen LogP contribution >= 0.6 is 11.6 Å². The lowest BCUT2D eigenvalue weighted by Crippen LogP contribution is -2.52. The molecule has 22 heavy (non-hydrogen) atoms. The molecule has 1 heterocycles. The number of sulfonamides is 1. The van der Waals surface area contributed by atoms with Crippen molar-refractivity contribution < 1.29 is 16.8 Å². The van der Waals surface area contributed by atoms with E-state index in [4.69, 9.17) is 17.3 Å². The normalized spacial score (nSPS) is 24.7. The summed E-state index contributed by atoms with van der Waals surface area (Å²) in [5, 5.41) is 0.430. The molecule has 2 rings (SSSR count). The molecule has 9 heteroatoms. The standard InChI is InChI=1S/C13H19ClN2O4S2/c1-13(6-9-21(17,18)10-13)16(8-7-15)22(19,20)12-4-2-11(14)3-5-12/h2-5H,6-10,15H2,1H3/t13-/m0/s1. The summed E-state index contributed by atoms with van der Waals surface area (Å²) in [5.41, 5.74) is 4.57. The summed E-state index contributed by atoms with van der Waals surface area (Å²) < 4.78 is 50.5. The number of sulfone groups is 1. The van der Waals surface area contributed by atoms with Gasteiger partial charge in [-0.1, -0.05) is 11.6 Å². The van der Waals surface area contributed by atoms with Crippen LogP contribution in [-0.2, 0) is 19.9 Å². The van der Waals surface area contributed by atoms with E-state index in [0.717, 1.165) is 0 Å². The smallest absolute Gasteiger partial charge is 0.243 e. The minimum atomic E-state index is -3.84. The molecule has 1 atom stereocenters. The molecule has 1 aliphatic heterocycles. The van der Waals surface area contributed by atoms with Crippen LogP contribution in [0.1, 0.15) is 13.3 Å². The van der Waals surface area contributed by atoms with E-state index in [1.54, 1.807) is 6.92 Å². The maximum atomic E-state index is 12.9. The summed E-state index contributed by atoms with van der Waals surface area (Å²) in [7, 11) is -7.08. The van der Waals surface area contributed by atoms with Gasteiger partial charge in [-0.05, 0) is 37.6 Å². The first-order chi connectivity index (χ1) is 10.1. The van der Waals surface area contributed by atoms with Crippen molar-refractivity contribution in [3.63, 3.8) is 0 Å². The van der Waals surface area contributed by atoms with Crippen LogP contribution in [0.3, 0.4) is 0 Å². The third-order valence-corrected chi connectivity index (χ3v) is 8.03. The second-order valence-corrected chi connectivity index (χ2v) is 10.1. The molecule has 0 amide bonds. The van der Waals surface area contributed by atoms with E-state index in [-0.39, 0.29) is 35.9 Å². The summed E-state index contributed by atoms with van der Waals surface area (Å²) >= 11 is 5.79. The Kier molecular flexibility index (Phi) is 4.89. The van der Waals surface area contributed by atoms with Gasteiger partial charge in [0.15, 0.2) is 9.84 Å². The highest BCUT2D eigenvalue weighted by atomic mass is 35.5. The molecule has 6 nitrogen and oxygen atoms in total. The second-order valence-electron chi connectivity index (χ2n) is 5.66. The molecule has 124 valence electrons. The fourth-order valence-corrected chi connectivity index (χ4v) is 6.89. The maximum Gasteiger partial charge on any atom is 0.243 e. The molecule has 0 aliphatic carbocycles. The quantitative estimate of drug-likeness (QED) is 0.833. The molecule has 1 aromatic rings. The molecule has 1 aromatic carbocycles. The molecule has 0 bridgehead atoms. The second kappa shape index (κ2) is 6.09. The maximum absolute atomic E-state index is 12.9. The summed E-state index contributed by atoms with van der Waals surface area (Å²) in [6.07, 6.45) is 0.266. The molecular formula is C13H19ClN2O4S2. The zero-order valence-electron chi connectivity index (χ0n) is 12.2. The number of hydrogen-bond acceptors (Lipinski definition) is 5. The van der Waals surface area contributed by atoms with Crippen LogP contribution in [-0.4, -0.2) is 51.3 Å². The zero-order chi connectivity index (χ0) is 16.6. The number of nitrogens with two attached hydrogens (primary N) is 1. The van der Waals surface area contributed by atoms with Gasteiger partial charge in [-0.25, -0.2) is 16.8 Å². The average Bonchev–Trinajstić information content (AvgIpc) is 2.71. The first kappa shape index (κ1) is 17.7. The van der Waals surface area contributed by atoms with E-state index in [9.17, 15) is 16.8 Å². The van der Waals surface area contributed by atoms with Gasteiger partial charge < -0.3 is 5.73 Å². The predicted molar refractivity (Wildman–Crippen MR) is 86.1 cm³/mol. The Bertz CT molecular complexity index is 747. The fraction of sp³-hybridized carbons (Fsp3) is 0.538. The highest BCUT2D eigenvalue weighted by Gasteiger charge is 2.47. The van der Waals surface area contributed by atoms with E-state index in [1.165, 1.54) is 28.6 Å². The molecular weight excluding hydrogens is 348 g/mol. The number of nitrogens with zero attached hydrogens (tertiary/aromatic N) is 1. The molecule has 2 N–H and O–H groups in total. The van der Waals surface area contributed by atoms with Crippen molar-refractivity contribution in [3.05, 3.63) is 29.3 Å². The average molecular weight is 367 g/mol. The predicted octanol–water partition coefficient (Wildman–Crippen LogP) is 0.867. The molecule has 0 spiro atoms. The lowest BCUT2D eigenvalue weighted by molar-refractivity contribution is 0.238. The van der Waals surface area contributed by atoms with Crippen LogP contribution < -0.4 is 5.73 Å². The van der Waals surface area contributed by atoms with Crippen LogP contribution in [0.15, 0.2) is 29.2 Å². The molecule has 1 fully saturated rings. The number of benzene rings is 1. The summed E-state index contributed by atoms with van der Waals surface area (Å²) in [6.45, 7) is 1.83. The summed E-state index contributed by atoms with van der Waals surface area (Å²) in [5.74, 6) is -0.201. The Labute approximate surface area is 136 Å². The lowest BCUT2D eigenvalue weighted by atomic mass is 10.0. The minimum absolute atomic E-state index is 0.0132. The van der Waals surface area contributed by atoms with Crippen LogP contribution in [0.4, 0.5) is 0 Å². The first-order valence-corrected chi connectivity index (χ1v) is 10.4.